The van der Waals surface area contributed by atoms with Crippen molar-refractivity contribution in [2.24, 2.45) is 0 Å². The molecule has 1 aromatic carbocycles. The molecule has 0 bridgehead atoms. The minimum absolute atomic E-state index is 0.0192. The molecular formula is C18H27FN2O. The lowest BCUT2D eigenvalue weighted by Crippen LogP contribution is -2.50. The van der Waals surface area contributed by atoms with Gasteiger partial charge in [0.2, 0.25) is 5.91 Å². The molecule has 1 fully saturated rings. The number of carbonyl (C=O) groups excluding carboxylic acids is 1. The molecule has 22 heavy (non-hydrogen) atoms. The van der Waals surface area contributed by atoms with Crippen molar-refractivity contribution in [1.29, 1.82) is 0 Å². The highest BCUT2D eigenvalue weighted by molar-refractivity contribution is 5.81. The van der Waals surface area contributed by atoms with Crippen LogP contribution in [-0.4, -0.2) is 41.9 Å². The van der Waals surface area contributed by atoms with Gasteiger partial charge in [0, 0.05) is 13.6 Å². The average molecular weight is 306 g/mol. The number of unbranched alkanes of at least 4 members (excludes halogenated alkanes) is 1. The summed E-state index contributed by atoms with van der Waals surface area (Å²) >= 11 is 0. The maximum absolute atomic E-state index is 13.0. The Kier molecular flexibility index (Phi) is 6.37. The Bertz CT molecular complexity index is 474. The number of piperidine rings is 1. The molecule has 1 heterocycles. The van der Waals surface area contributed by atoms with E-state index < -0.39 is 0 Å². The average Bonchev–Trinajstić information content (AvgIpc) is 2.54. The summed E-state index contributed by atoms with van der Waals surface area (Å²) in [6.07, 6.45) is 5.57. The summed E-state index contributed by atoms with van der Waals surface area (Å²) < 4.78 is 13.0. The van der Waals surface area contributed by atoms with Crippen LogP contribution in [-0.2, 0) is 11.3 Å². The fourth-order valence-corrected chi connectivity index (χ4v) is 3.10. The lowest BCUT2D eigenvalue weighted by Gasteiger charge is -2.36. The number of halogens is 1. The molecule has 1 unspecified atom stereocenters. The van der Waals surface area contributed by atoms with Crippen LogP contribution >= 0.6 is 0 Å². The largest absolute Gasteiger partial charge is 0.340 e. The summed E-state index contributed by atoms with van der Waals surface area (Å²) in [5.41, 5.74) is 0.966. The number of carbonyl (C=O) groups is 1. The topological polar surface area (TPSA) is 23.6 Å². The van der Waals surface area contributed by atoms with Crippen molar-refractivity contribution in [3.8, 4) is 0 Å². The molecule has 4 heteroatoms. The van der Waals surface area contributed by atoms with Crippen LogP contribution in [0.3, 0.4) is 0 Å². The van der Waals surface area contributed by atoms with E-state index in [1.54, 1.807) is 17.0 Å². The van der Waals surface area contributed by atoms with E-state index in [9.17, 15) is 9.18 Å². The fourth-order valence-electron chi connectivity index (χ4n) is 3.10. The normalized spacial score (nSPS) is 19.1. The maximum atomic E-state index is 13.0. The number of likely N-dealkylation sites (tertiary alicyclic amines) is 1. The zero-order chi connectivity index (χ0) is 15.9. The lowest BCUT2D eigenvalue weighted by molar-refractivity contribution is -0.137. The van der Waals surface area contributed by atoms with E-state index in [0.717, 1.165) is 44.3 Å². The molecule has 0 saturated carbocycles. The first-order valence-electron chi connectivity index (χ1n) is 8.35. The number of benzene rings is 1. The van der Waals surface area contributed by atoms with E-state index in [4.69, 9.17) is 0 Å². The number of likely N-dealkylation sites (N-methyl/N-ethyl adjacent to an activating group) is 1. The summed E-state index contributed by atoms with van der Waals surface area (Å²) in [5, 5.41) is 0. The van der Waals surface area contributed by atoms with Crippen LogP contribution < -0.4 is 0 Å². The summed E-state index contributed by atoms with van der Waals surface area (Å²) in [5.74, 6) is -0.0455. The van der Waals surface area contributed by atoms with Crippen LogP contribution in [0.25, 0.3) is 0 Å². The van der Waals surface area contributed by atoms with E-state index in [-0.39, 0.29) is 17.8 Å². The fraction of sp³-hybridized carbons (Fsp3) is 0.611. The van der Waals surface area contributed by atoms with Crippen LogP contribution in [0.2, 0.25) is 0 Å². The van der Waals surface area contributed by atoms with Crippen molar-refractivity contribution >= 4 is 5.91 Å². The second-order valence-corrected chi connectivity index (χ2v) is 6.22. The first kappa shape index (κ1) is 16.9. The van der Waals surface area contributed by atoms with E-state index in [0.29, 0.717) is 6.54 Å². The van der Waals surface area contributed by atoms with Crippen molar-refractivity contribution in [3.63, 3.8) is 0 Å². The molecule has 3 nitrogen and oxygen atoms in total. The highest BCUT2D eigenvalue weighted by atomic mass is 19.1. The predicted molar refractivity (Wildman–Crippen MR) is 87.0 cm³/mol. The van der Waals surface area contributed by atoms with Crippen molar-refractivity contribution in [2.75, 3.05) is 20.1 Å². The highest BCUT2D eigenvalue weighted by Gasteiger charge is 2.30. The third-order valence-corrected chi connectivity index (χ3v) is 4.41. The molecule has 1 amide bonds. The summed E-state index contributed by atoms with van der Waals surface area (Å²) in [7, 11) is 1.85. The van der Waals surface area contributed by atoms with E-state index in [2.05, 4.69) is 11.8 Å². The Balaban J connectivity index is 1.96. The minimum atomic E-state index is -0.240. The molecule has 1 atom stereocenters. The molecule has 1 aliphatic heterocycles. The van der Waals surface area contributed by atoms with Crippen LogP contribution in [0.4, 0.5) is 4.39 Å². The Morgan fingerprint density at radius 1 is 1.32 bits per heavy atom. The first-order chi connectivity index (χ1) is 10.6. The van der Waals surface area contributed by atoms with Crippen molar-refractivity contribution in [2.45, 2.75) is 51.6 Å². The zero-order valence-electron chi connectivity index (χ0n) is 13.7. The van der Waals surface area contributed by atoms with E-state index in [1.165, 1.54) is 18.6 Å². The van der Waals surface area contributed by atoms with Gasteiger partial charge in [-0.25, -0.2) is 4.39 Å². The number of nitrogens with zero attached hydrogens (tertiary/aromatic N) is 2. The summed E-state index contributed by atoms with van der Waals surface area (Å²) in [6.45, 7) is 4.76. The molecule has 1 aromatic rings. The van der Waals surface area contributed by atoms with Gasteiger partial charge in [-0.05, 0) is 50.0 Å². The van der Waals surface area contributed by atoms with Gasteiger partial charge in [0.25, 0.3) is 0 Å². The van der Waals surface area contributed by atoms with Gasteiger partial charge in [-0.2, -0.15) is 0 Å². The molecule has 122 valence electrons. The Labute approximate surface area is 133 Å². The zero-order valence-corrected chi connectivity index (χ0v) is 13.7. The lowest BCUT2D eigenvalue weighted by atomic mass is 10.00. The molecule has 1 saturated heterocycles. The Morgan fingerprint density at radius 2 is 2.05 bits per heavy atom. The van der Waals surface area contributed by atoms with Crippen molar-refractivity contribution < 1.29 is 9.18 Å². The van der Waals surface area contributed by atoms with Gasteiger partial charge in [0.1, 0.15) is 5.82 Å². The Morgan fingerprint density at radius 3 is 2.73 bits per heavy atom. The quantitative estimate of drug-likeness (QED) is 0.804. The van der Waals surface area contributed by atoms with Gasteiger partial charge in [-0.1, -0.05) is 31.9 Å². The van der Waals surface area contributed by atoms with E-state index in [1.807, 2.05) is 7.05 Å². The van der Waals surface area contributed by atoms with Gasteiger partial charge in [-0.3, -0.25) is 9.69 Å². The van der Waals surface area contributed by atoms with Gasteiger partial charge >= 0.3 is 0 Å². The molecule has 2 rings (SSSR count). The first-order valence-corrected chi connectivity index (χ1v) is 8.35. The Hall–Kier alpha value is -1.42. The van der Waals surface area contributed by atoms with E-state index >= 15 is 0 Å². The van der Waals surface area contributed by atoms with Crippen LogP contribution in [0.5, 0.6) is 0 Å². The second kappa shape index (κ2) is 8.28. The standard InChI is InChI=1S/C18H27FN2O/c1-3-4-12-21-13-6-5-7-17(21)18(22)20(2)14-15-8-10-16(19)11-9-15/h8-11,17H,3-7,12-14H2,1-2H3. The summed E-state index contributed by atoms with van der Waals surface area (Å²) in [4.78, 5) is 16.9. The number of hydrogen-bond acceptors (Lipinski definition) is 2. The summed E-state index contributed by atoms with van der Waals surface area (Å²) in [6, 6.07) is 6.40. The molecule has 0 N–H and O–H groups in total. The van der Waals surface area contributed by atoms with Gasteiger partial charge < -0.3 is 4.90 Å². The molecule has 0 spiro atoms. The molecule has 1 aliphatic rings. The third kappa shape index (κ3) is 4.54. The molecular weight excluding hydrogens is 279 g/mol. The van der Waals surface area contributed by atoms with Crippen LogP contribution in [0, 0.1) is 5.82 Å². The van der Waals surface area contributed by atoms with Crippen molar-refractivity contribution in [1.82, 2.24) is 9.80 Å². The van der Waals surface area contributed by atoms with Gasteiger partial charge in [-0.15, -0.1) is 0 Å². The molecule has 0 aliphatic carbocycles. The predicted octanol–water partition coefficient (Wildman–Crippen LogP) is 3.44. The van der Waals surface area contributed by atoms with Gasteiger partial charge in [0.15, 0.2) is 0 Å². The SMILES string of the molecule is CCCCN1CCCCC1C(=O)N(C)Cc1ccc(F)cc1. The van der Waals surface area contributed by atoms with Crippen LogP contribution in [0.1, 0.15) is 44.6 Å². The molecule has 0 radical (unpaired) electrons. The number of amides is 1. The number of hydrogen-bond donors (Lipinski definition) is 0. The second-order valence-electron chi connectivity index (χ2n) is 6.22. The maximum Gasteiger partial charge on any atom is 0.239 e. The highest BCUT2D eigenvalue weighted by Crippen LogP contribution is 2.20. The van der Waals surface area contributed by atoms with Gasteiger partial charge in [0.05, 0.1) is 6.04 Å². The minimum Gasteiger partial charge on any atom is -0.340 e. The van der Waals surface area contributed by atoms with Crippen LogP contribution in [0.15, 0.2) is 24.3 Å². The monoisotopic (exact) mass is 306 g/mol. The number of rotatable bonds is 6. The smallest absolute Gasteiger partial charge is 0.239 e. The molecule has 0 aromatic heterocycles. The van der Waals surface area contributed by atoms with Crippen molar-refractivity contribution in [3.05, 3.63) is 35.6 Å². The third-order valence-electron chi connectivity index (χ3n) is 4.41.